The van der Waals surface area contributed by atoms with Crippen molar-refractivity contribution < 1.29 is 18.3 Å². The van der Waals surface area contributed by atoms with Crippen LogP contribution in [-0.4, -0.2) is 17.6 Å². The highest BCUT2D eigenvalue weighted by atomic mass is 79.9. The second kappa shape index (κ2) is 6.02. The fourth-order valence-electron chi connectivity index (χ4n) is 1.21. The average molecular weight is 309 g/mol. The molecule has 94 valence electrons. The molecule has 0 bridgehead atoms. The highest BCUT2D eigenvalue weighted by Crippen LogP contribution is 2.26. The summed E-state index contributed by atoms with van der Waals surface area (Å²) in [5.41, 5.74) is 5.10. The molecule has 17 heavy (non-hydrogen) atoms. The van der Waals surface area contributed by atoms with Crippen molar-refractivity contribution in [2.24, 2.45) is 5.73 Å². The van der Waals surface area contributed by atoms with E-state index in [-0.39, 0.29) is 24.4 Å². The minimum Gasteiger partial charge on any atom is -0.462 e. The predicted molar refractivity (Wildman–Crippen MR) is 60.7 cm³/mol. The van der Waals surface area contributed by atoms with Gasteiger partial charge < -0.3 is 10.5 Å². The molecular formula is C10H11BrF2N2O2. The Morgan fingerprint density at radius 1 is 1.65 bits per heavy atom. The van der Waals surface area contributed by atoms with Crippen LogP contribution in [0.15, 0.2) is 10.5 Å². The van der Waals surface area contributed by atoms with Crippen LogP contribution in [0.5, 0.6) is 0 Å². The number of ether oxygens (including phenoxy) is 1. The molecule has 0 atom stereocenters. The standard InChI is InChI=1S/C10H11BrF2N2O2/c1-2-17-10(16)5-3-6(9(12)13)15-7(4-14)8(5)11/h3,9H,2,4,14H2,1H3. The Kier molecular flexibility index (Phi) is 4.95. The summed E-state index contributed by atoms with van der Waals surface area (Å²) >= 11 is 3.11. The van der Waals surface area contributed by atoms with Crippen LogP contribution in [0.1, 0.15) is 35.1 Å². The van der Waals surface area contributed by atoms with Crippen molar-refractivity contribution >= 4 is 21.9 Å². The molecule has 1 aromatic rings. The van der Waals surface area contributed by atoms with Crippen molar-refractivity contribution in [2.45, 2.75) is 19.9 Å². The number of hydrogen-bond donors (Lipinski definition) is 1. The first-order chi connectivity index (χ1) is 8.01. The van der Waals surface area contributed by atoms with Crippen LogP contribution in [0.2, 0.25) is 0 Å². The second-order valence-electron chi connectivity index (χ2n) is 3.08. The van der Waals surface area contributed by atoms with Gasteiger partial charge in [-0.15, -0.1) is 0 Å². The maximum atomic E-state index is 12.6. The topological polar surface area (TPSA) is 65.2 Å². The zero-order valence-corrected chi connectivity index (χ0v) is 10.6. The smallest absolute Gasteiger partial charge is 0.339 e. The van der Waals surface area contributed by atoms with Crippen molar-refractivity contribution in [3.8, 4) is 0 Å². The number of carbonyl (C=O) groups is 1. The lowest BCUT2D eigenvalue weighted by atomic mass is 10.2. The fraction of sp³-hybridized carbons (Fsp3) is 0.400. The maximum Gasteiger partial charge on any atom is 0.339 e. The number of pyridine rings is 1. The number of rotatable bonds is 4. The minimum atomic E-state index is -2.76. The number of carbonyl (C=O) groups excluding carboxylic acids is 1. The molecule has 1 heterocycles. The van der Waals surface area contributed by atoms with E-state index in [1.165, 1.54) is 0 Å². The molecule has 0 unspecified atom stereocenters. The highest BCUT2D eigenvalue weighted by molar-refractivity contribution is 9.10. The normalized spacial score (nSPS) is 10.7. The van der Waals surface area contributed by atoms with Gasteiger partial charge in [0, 0.05) is 6.54 Å². The molecule has 0 aliphatic heterocycles. The van der Waals surface area contributed by atoms with Crippen molar-refractivity contribution in [2.75, 3.05) is 6.61 Å². The Labute approximate surface area is 105 Å². The third kappa shape index (κ3) is 3.19. The number of nitrogens with zero attached hydrogens (tertiary/aromatic N) is 1. The SMILES string of the molecule is CCOC(=O)c1cc(C(F)F)nc(CN)c1Br. The third-order valence-electron chi connectivity index (χ3n) is 1.96. The summed E-state index contributed by atoms with van der Waals surface area (Å²) in [6, 6.07) is 1.01. The average Bonchev–Trinajstić information content (AvgIpc) is 2.29. The molecule has 0 amide bonds. The molecule has 0 aromatic carbocycles. The van der Waals surface area contributed by atoms with Crippen LogP contribution in [-0.2, 0) is 11.3 Å². The minimum absolute atomic E-state index is 0.0117. The van der Waals surface area contributed by atoms with Crippen LogP contribution in [0, 0.1) is 0 Å². The molecule has 2 N–H and O–H groups in total. The predicted octanol–water partition coefficient (Wildman–Crippen LogP) is 2.42. The zero-order valence-electron chi connectivity index (χ0n) is 9.04. The number of alkyl halides is 2. The van der Waals surface area contributed by atoms with Crippen LogP contribution in [0.3, 0.4) is 0 Å². The van der Waals surface area contributed by atoms with Gasteiger partial charge in [-0.3, -0.25) is 0 Å². The zero-order chi connectivity index (χ0) is 13.0. The van der Waals surface area contributed by atoms with Gasteiger partial charge in [-0.1, -0.05) is 0 Å². The van der Waals surface area contributed by atoms with Crippen molar-refractivity contribution in [3.63, 3.8) is 0 Å². The van der Waals surface area contributed by atoms with Crippen molar-refractivity contribution in [3.05, 3.63) is 27.5 Å². The monoisotopic (exact) mass is 308 g/mol. The van der Waals surface area contributed by atoms with Gasteiger partial charge in [-0.25, -0.2) is 18.6 Å². The Balaban J connectivity index is 3.27. The van der Waals surface area contributed by atoms with Gasteiger partial charge in [-0.05, 0) is 28.9 Å². The van der Waals surface area contributed by atoms with Gasteiger partial charge in [0.15, 0.2) is 0 Å². The molecular weight excluding hydrogens is 298 g/mol. The highest BCUT2D eigenvalue weighted by Gasteiger charge is 2.20. The number of halogens is 3. The number of aromatic nitrogens is 1. The van der Waals surface area contributed by atoms with E-state index in [4.69, 9.17) is 10.5 Å². The number of esters is 1. The third-order valence-corrected chi connectivity index (χ3v) is 2.84. The van der Waals surface area contributed by atoms with E-state index in [1.54, 1.807) is 6.92 Å². The Bertz CT molecular complexity index is 427. The summed E-state index contributed by atoms with van der Waals surface area (Å²) in [4.78, 5) is 15.2. The molecule has 0 spiro atoms. The van der Waals surface area contributed by atoms with Crippen LogP contribution in [0.25, 0.3) is 0 Å². The molecule has 7 heteroatoms. The first kappa shape index (κ1) is 14.0. The second-order valence-corrected chi connectivity index (χ2v) is 3.87. The first-order valence-electron chi connectivity index (χ1n) is 4.85. The lowest BCUT2D eigenvalue weighted by molar-refractivity contribution is 0.0524. The Morgan fingerprint density at radius 2 is 2.29 bits per heavy atom. The van der Waals surface area contributed by atoms with Crippen molar-refractivity contribution in [1.29, 1.82) is 0 Å². The molecule has 0 saturated heterocycles. The maximum absolute atomic E-state index is 12.6. The van der Waals surface area contributed by atoms with E-state index in [2.05, 4.69) is 20.9 Å². The van der Waals surface area contributed by atoms with E-state index in [0.29, 0.717) is 4.47 Å². The van der Waals surface area contributed by atoms with E-state index >= 15 is 0 Å². The first-order valence-corrected chi connectivity index (χ1v) is 5.65. The molecule has 0 saturated carbocycles. The van der Waals surface area contributed by atoms with Crippen LogP contribution in [0.4, 0.5) is 8.78 Å². The van der Waals surface area contributed by atoms with E-state index < -0.39 is 18.1 Å². The van der Waals surface area contributed by atoms with Gasteiger partial charge in [0.1, 0.15) is 5.69 Å². The van der Waals surface area contributed by atoms with Gasteiger partial charge in [0.05, 0.1) is 22.3 Å². The summed E-state index contributed by atoms with van der Waals surface area (Å²) in [7, 11) is 0. The summed E-state index contributed by atoms with van der Waals surface area (Å²) in [5.74, 6) is -0.682. The lowest BCUT2D eigenvalue weighted by Gasteiger charge is -2.10. The summed E-state index contributed by atoms with van der Waals surface area (Å²) in [6.07, 6.45) is -2.76. The van der Waals surface area contributed by atoms with Crippen LogP contribution >= 0.6 is 15.9 Å². The quantitative estimate of drug-likeness (QED) is 0.868. The fourth-order valence-corrected chi connectivity index (χ4v) is 1.74. The van der Waals surface area contributed by atoms with E-state index in [1.807, 2.05) is 0 Å². The Morgan fingerprint density at radius 3 is 2.76 bits per heavy atom. The number of nitrogens with two attached hydrogens (primary N) is 1. The molecule has 0 aliphatic carbocycles. The van der Waals surface area contributed by atoms with Gasteiger partial charge in [-0.2, -0.15) is 0 Å². The summed E-state index contributed by atoms with van der Waals surface area (Å²) in [6.45, 7) is 1.74. The molecule has 1 aromatic heterocycles. The molecule has 0 radical (unpaired) electrons. The summed E-state index contributed by atoms with van der Waals surface area (Å²) in [5, 5.41) is 0. The van der Waals surface area contributed by atoms with Crippen molar-refractivity contribution in [1.82, 2.24) is 4.98 Å². The van der Waals surface area contributed by atoms with E-state index in [9.17, 15) is 13.6 Å². The number of hydrogen-bond acceptors (Lipinski definition) is 4. The van der Waals surface area contributed by atoms with Gasteiger partial charge >= 0.3 is 5.97 Å². The molecule has 4 nitrogen and oxygen atoms in total. The molecule has 0 fully saturated rings. The van der Waals surface area contributed by atoms with Crippen LogP contribution < -0.4 is 5.73 Å². The molecule has 1 rings (SSSR count). The van der Waals surface area contributed by atoms with Gasteiger partial charge in [0.2, 0.25) is 0 Å². The van der Waals surface area contributed by atoms with Gasteiger partial charge in [0.25, 0.3) is 6.43 Å². The lowest BCUT2D eigenvalue weighted by Crippen LogP contribution is -2.12. The Hall–Kier alpha value is -1.08. The summed E-state index contributed by atoms with van der Waals surface area (Å²) < 4.78 is 30.2. The largest absolute Gasteiger partial charge is 0.462 e. The molecule has 0 aliphatic rings. The van der Waals surface area contributed by atoms with E-state index in [0.717, 1.165) is 6.07 Å².